The number of ether oxygens (including phenoxy) is 1. The number of carbonyl (C=O) groups is 1. The number of aromatic nitrogens is 2. The van der Waals surface area contributed by atoms with Gasteiger partial charge in [0.05, 0.1) is 18.1 Å². The summed E-state index contributed by atoms with van der Waals surface area (Å²) in [5.74, 6) is 1.55. The summed E-state index contributed by atoms with van der Waals surface area (Å²) in [6.07, 6.45) is 2.70. The van der Waals surface area contributed by atoms with E-state index in [2.05, 4.69) is 25.5 Å². The highest BCUT2D eigenvalue weighted by Gasteiger charge is 2.35. The Morgan fingerprint density at radius 2 is 2.03 bits per heavy atom. The van der Waals surface area contributed by atoms with Crippen molar-refractivity contribution in [1.82, 2.24) is 9.97 Å². The van der Waals surface area contributed by atoms with Gasteiger partial charge in [0.2, 0.25) is 5.95 Å². The van der Waals surface area contributed by atoms with E-state index in [-0.39, 0.29) is 12.0 Å². The van der Waals surface area contributed by atoms with Gasteiger partial charge in [-0.1, -0.05) is 0 Å². The van der Waals surface area contributed by atoms with Crippen LogP contribution in [0.15, 0.2) is 34.9 Å². The zero-order chi connectivity index (χ0) is 20.9. The zero-order valence-electron chi connectivity index (χ0n) is 16.8. The number of benzene rings is 1. The third-order valence-electron chi connectivity index (χ3n) is 5.45. The average molecular weight is 409 g/mol. The molecule has 0 aliphatic carbocycles. The molecule has 0 atom stereocenters. The molecule has 1 amide bonds. The molecule has 30 heavy (non-hydrogen) atoms. The maximum Gasteiger partial charge on any atom is 0.268 e. The van der Waals surface area contributed by atoms with Gasteiger partial charge in [-0.25, -0.2) is 4.98 Å². The first kappa shape index (κ1) is 18.7. The maximum atomic E-state index is 12.2. The first-order valence-corrected chi connectivity index (χ1v) is 9.99. The van der Waals surface area contributed by atoms with Gasteiger partial charge in [0.25, 0.3) is 5.91 Å². The van der Waals surface area contributed by atoms with E-state index in [9.17, 15) is 9.90 Å². The minimum Gasteiger partial charge on any atom is -0.476 e. The van der Waals surface area contributed by atoms with Gasteiger partial charge in [0.15, 0.2) is 17.0 Å². The Hall–Kier alpha value is -3.33. The fourth-order valence-electron chi connectivity index (χ4n) is 3.71. The predicted octanol–water partition coefficient (Wildman–Crippen LogP) is 3.04. The zero-order valence-corrected chi connectivity index (χ0v) is 16.8. The van der Waals surface area contributed by atoms with Crippen LogP contribution in [0.2, 0.25) is 0 Å². The highest BCUT2D eigenvalue weighted by molar-refractivity contribution is 6.00. The van der Waals surface area contributed by atoms with Gasteiger partial charge in [0, 0.05) is 24.8 Å². The average Bonchev–Trinajstić information content (AvgIpc) is 3.18. The van der Waals surface area contributed by atoms with E-state index in [1.165, 1.54) is 0 Å². The largest absolute Gasteiger partial charge is 0.476 e. The summed E-state index contributed by atoms with van der Waals surface area (Å²) in [5, 5.41) is 15.9. The van der Waals surface area contributed by atoms with Crippen LogP contribution in [0.5, 0.6) is 5.75 Å². The van der Waals surface area contributed by atoms with Crippen molar-refractivity contribution >= 4 is 40.1 Å². The molecule has 3 aromatic rings. The number of furan rings is 1. The van der Waals surface area contributed by atoms with Crippen molar-refractivity contribution in [2.45, 2.75) is 38.4 Å². The second-order valence-corrected chi connectivity index (χ2v) is 8.13. The van der Waals surface area contributed by atoms with Gasteiger partial charge in [-0.3, -0.25) is 4.79 Å². The van der Waals surface area contributed by atoms with Crippen molar-refractivity contribution in [3.8, 4) is 5.75 Å². The van der Waals surface area contributed by atoms with Gasteiger partial charge >= 0.3 is 0 Å². The third-order valence-corrected chi connectivity index (χ3v) is 5.45. The molecule has 4 heterocycles. The Bertz CT molecular complexity index is 1120. The van der Waals surface area contributed by atoms with E-state index < -0.39 is 5.60 Å². The van der Waals surface area contributed by atoms with E-state index in [1.807, 2.05) is 12.1 Å². The van der Waals surface area contributed by atoms with Crippen LogP contribution in [0, 0.1) is 0 Å². The SMILES string of the molecule is CC1(C)Oc2ccc(Nc3nc(N4CCC(O)CC4)c4occc4n3)cc2NC1=O. The van der Waals surface area contributed by atoms with Crippen LogP contribution in [0.25, 0.3) is 11.1 Å². The molecule has 2 aliphatic heterocycles. The summed E-state index contributed by atoms with van der Waals surface area (Å²) in [5.41, 5.74) is 1.74. The highest BCUT2D eigenvalue weighted by Crippen LogP contribution is 2.36. The summed E-state index contributed by atoms with van der Waals surface area (Å²) in [6, 6.07) is 7.25. The van der Waals surface area contributed by atoms with Crippen molar-refractivity contribution in [2.24, 2.45) is 0 Å². The smallest absolute Gasteiger partial charge is 0.268 e. The number of hydrogen-bond donors (Lipinski definition) is 3. The number of hydrogen-bond acceptors (Lipinski definition) is 8. The summed E-state index contributed by atoms with van der Waals surface area (Å²) < 4.78 is 11.4. The van der Waals surface area contributed by atoms with Crippen LogP contribution in [0.3, 0.4) is 0 Å². The number of nitrogens with one attached hydrogen (secondary N) is 2. The number of aliphatic hydroxyl groups is 1. The monoisotopic (exact) mass is 409 g/mol. The number of piperidine rings is 1. The molecule has 2 aromatic heterocycles. The second-order valence-electron chi connectivity index (χ2n) is 8.13. The summed E-state index contributed by atoms with van der Waals surface area (Å²) in [7, 11) is 0. The van der Waals surface area contributed by atoms with Crippen LogP contribution >= 0.6 is 0 Å². The number of aliphatic hydroxyl groups excluding tert-OH is 1. The van der Waals surface area contributed by atoms with Gasteiger partial charge in [-0.05, 0) is 44.9 Å². The number of nitrogens with zero attached hydrogens (tertiary/aromatic N) is 3. The fourth-order valence-corrected chi connectivity index (χ4v) is 3.71. The Morgan fingerprint density at radius 1 is 1.23 bits per heavy atom. The molecule has 5 rings (SSSR count). The Morgan fingerprint density at radius 3 is 2.83 bits per heavy atom. The van der Waals surface area contributed by atoms with E-state index in [4.69, 9.17) is 9.15 Å². The van der Waals surface area contributed by atoms with Crippen molar-refractivity contribution in [2.75, 3.05) is 28.6 Å². The van der Waals surface area contributed by atoms with Crippen LogP contribution in [0.1, 0.15) is 26.7 Å². The van der Waals surface area contributed by atoms with Crippen molar-refractivity contribution < 1.29 is 19.1 Å². The quantitative estimate of drug-likeness (QED) is 0.605. The first-order chi connectivity index (χ1) is 14.4. The second kappa shape index (κ2) is 6.88. The van der Waals surface area contributed by atoms with Gasteiger partial charge in [-0.15, -0.1) is 0 Å². The van der Waals surface area contributed by atoms with Crippen LogP contribution < -0.4 is 20.3 Å². The van der Waals surface area contributed by atoms with Gasteiger partial charge < -0.3 is 29.8 Å². The molecule has 3 N–H and O–H groups in total. The molecule has 1 aromatic carbocycles. The molecule has 0 radical (unpaired) electrons. The Labute approximate surface area is 173 Å². The lowest BCUT2D eigenvalue weighted by Gasteiger charge is -2.31. The molecular formula is C21H23N5O4. The van der Waals surface area contributed by atoms with Crippen molar-refractivity contribution in [3.63, 3.8) is 0 Å². The van der Waals surface area contributed by atoms with Crippen molar-refractivity contribution in [3.05, 3.63) is 30.5 Å². The Kier molecular flexibility index (Phi) is 4.28. The van der Waals surface area contributed by atoms with Gasteiger partial charge in [0.1, 0.15) is 11.3 Å². The minimum atomic E-state index is -0.908. The number of rotatable bonds is 3. The number of anilines is 4. The molecule has 0 saturated carbocycles. The summed E-state index contributed by atoms with van der Waals surface area (Å²) >= 11 is 0. The molecule has 0 spiro atoms. The van der Waals surface area contributed by atoms with E-state index >= 15 is 0 Å². The third kappa shape index (κ3) is 3.30. The highest BCUT2D eigenvalue weighted by atomic mass is 16.5. The molecule has 9 nitrogen and oxygen atoms in total. The Balaban J connectivity index is 1.45. The molecule has 2 aliphatic rings. The van der Waals surface area contributed by atoms with E-state index in [0.29, 0.717) is 60.2 Å². The molecule has 1 saturated heterocycles. The molecule has 156 valence electrons. The van der Waals surface area contributed by atoms with Gasteiger partial charge in [-0.2, -0.15) is 4.98 Å². The summed E-state index contributed by atoms with van der Waals surface area (Å²) in [6.45, 7) is 4.86. The van der Waals surface area contributed by atoms with E-state index in [1.54, 1.807) is 32.2 Å². The first-order valence-electron chi connectivity index (χ1n) is 9.99. The minimum absolute atomic E-state index is 0.196. The number of amides is 1. The lowest BCUT2D eigenvalue weighted by atomic mass is 10.1. The topological polar surface area (TPSA) is 113 Å². The van der Waals surface area contributed by atoms with Crippen LogP contribution in [-0.4, -0.2) is 45.8 Å². The molecule has 9 heteroatoms. The van der Waals surface area contributed by atoms with E-state index in [0.717, 1.165) is 5.69 Å². The normalized spacial score (nSPS) is 18.6. The van der Waals surface area contributed by atoms with Crippen LogP contribution in [-0.2, 0) is 4.79 Å². The maximum absolute atomic E-state index is 12.2. The lowest BCUT2D eigenvalue weighted by Crippen LogP contribution is -2.45. The lowest BCUT2D eigenvalue weighted by molar-refractivity contribution is -0.129. The number of fused-ring (bicyclic) bond motifs is 2. The summed E-state index contributed by atoms with van der Waals surface area (Å²) in [4.78, 5) is 23.5. The van der Waals surface area contributed by atoms with Crippen LogP contribution in [0.4, 0.5) is 23.1 Å². The predicted molar refractivity (Wildman–Crippen MR) is 112 cm³/mol. The molecular weight excluding hydrogens is 386 g/mol. The standard InChI is InChI=1S/C21H23N5O4/c1-21(2)19(28)23-15-11-12(3-4-16(15)30-21)22-20-24-14-7-10-29-17(14)18(25-20)26-8-5-13(27)6-9-26/h3-4,7,10-11,13,27H,5-6,8-9H2,1-2H3,(H,23,28)(H,22,24,25). The molecule has 0 bridgehead atoms. The van der Waals surface area contributed by atoms with Crippen molar-refractivity contribution in [1.29, 1.82) is 0 Å². The molecule has 1 fully saturated rings. The molecule has 0 unspecified atom stereocenters. The number of carbonyl (C=O) groups excluding carboxylic acids is 1. The fraction of sp³-hybridized carbons (Fsp3) is 0.381.